The molecule has 0 spiro atoms. The van der Waals surface area contributed by atoms with Gasteiger partial charge in [-0.1, -0.05) is 0 Å². The summed E-state index contributed by atoms with van der Waals surface area (Å²) in [6.45, 7) is 4.97. The SMILES string of the molecule is COC(=O)/C(=C/c1[nH]cnc1C)NC(=O)c1c(C)cc(C(=O)NCc2cc(F)cc(F)c2)cc1C. The molecule has 0 aliphatic rings. The van der Waals surface area contributed by atoms with Crippen LogP contribution in [0.1, 0.15) is 48.8 Å². The molecule has 3 rings (SSSR count). The molecule has 3 N–H and O–H groups in total. The van der Waals surface area contributed by atoms with Gasteiger partial charge in [0, 0.05) is 23.7 Å². The number of methoxy groups -OCH3 is 1. The van der Waals surface area contributed by atoms with Crippen LogP contribution in [-0.4, -0.2) is 34.9 Å². The molecular weight excluding hydrogens is 458 g/mol. The van der Waals surface area contributed by atoms with E-state index in [-0.39, 0.29) is 28.9 Å². The Morgan fingerprint density at radius 2 is 1.63 bits per heavy atom. The van der Waals surface area contributed by atoms with Crippen LogP contribution in [0.3, 0.4) is 0 Å². The van der Waals surface area contributed by atoms with Gasteiger partial charge < -0.3 is 20.4 Å². The first-order chi connectivity index (χ1) is 16.6. The highest BCUT2D eigenvalue weighted by Crippen LogP contribution is 2.18. The van der Waals surface area contributed by atoms with E-state index >= 15 is 0 Å². The van der Waals surface area contributed by atoms with Gasteiger partial charge in [0.25, 0.3) is 11.8 Å². The van der Waals surface area contributed by atoms with Crippen LogP contribution in [0.15, 0.2) is 42.4 Å². The minimum atomic E-state index is -0.743. The number of hydrogen-bond acceptors (Lipinski definition) is 5. The summed E-state index contributed by atoms with van der Waals surface area (Å²) >= 11 is 0. The van der Waals surface area contributed by atoms with E-state index in [1.165, 1.54) is 31.6 Å². The van der Waals surface area contributed by atoms with Crippen molar-refractivity contribution in [1.29, 1.82) is 0 Å². The Morgan fingerprint density at radius 1 is 1.00 bits per heavy atom. The largest absolute Gasteiger partial charge is 0.464 e. The smallest absolute Gasteiger partial charge is 0.354 e. The highest BCUT2D eigenvalue weighted by Gasteiger charge is 2.20. The normalized spacial score (nSPS) is 11.2. The number of nitrogens with zero attached hydrogens (tertiary/aromatic N) is 1. The lowest BCUT2D eigenvalue weighted by Gasteiger charge is -2.14. The highest BCUT2D eigenvalue weighted by molar-refractivity contribution is 6.05. The van der Waals surface area contributed by atoms with Crippen molar-refractivity contribution in [2.75, 3.05) is 7.11 Å². The summed E-state index contributed by atoms with van der Waals surface area (Å²) < 4.78 is 31.5. The van der Waals surface area contributed by atoms with E-state index in [4.69, 9.17) is 4.74 Å². The average molecular weight is 482 g/mol. The Morgan fingerprint density at radius 3 is 2.17 bits per heavy atom. The van der Waals surface area contributed by atoms with Gasteiger partial charge in [0.1, 0.15) is 17.3 Å². The summed E-state index contributed by atoms with van der Waals surface area (Å²) in [7, 11) is 1.20. The van der Waals surface area contributed by atoms with Crippen molar-refractivity contribution < 1.29 is 27.9 Å². The van der Waals surface area contributed by atoms with Gasteiger partial charge in [0.05, 0.1) is 24.8 Å². The molecule has 1 heterocycles. The fourth-order valence-electron chi connectivity index (χ4n) is 3.55. The van der Waals surface area contributed by atoms with Crippen molar-refractivity contribution in [2.24, 2.45) is 0 Å². The van der Waals surface area contributed by atoms with Crippen LogP contribution in [-0.2, 0) is 16.1 Å². The van der Waals surface area contributed by atoms with Crippen LogP contribution >= 0.6 is 0 Å². The number of carbonyl (C=O) groups excluding carboxylic acids is 3. The van der Waals surface area contributed by atoms with Crippen molar-refractivity contribution in [3.05, 3.63) is 93.2 Å². The van der Waals surface area contributed by atoms with Gasteiger partial charge in [-0.05, 0) is 67.8 Å². The van der Waals surface area contributed by atoms with Gasteiger partial charge in [-0.3, -0.25) is 9.59 Å². The van der Waals surface area contributed by atoms with E-state index in [2.05, 4.69) is 20.6 Å². The average Bonchev–Trinajstić information content (AvgIpc) is 3.19. The van der Waals surface area contributed by atoms with Crippen molar-refractivity contribution in [3.63, 3.8) is 0 Å². The summed E-state index contributed by atoms with van der Waals surface area (Å²) in [5.74, 6) is -3.25. The third-order valence-corrected chi connectivity index (χ3v) is 5.21. The fraction of sp³-hybridized carbons (Fsp3) is 0.200. The minimum Gasteiger partial charge on any atom is -0.464 e. The van der Waals surface area contributed by atoms with Gasteiger partial charge in [0.2, 0.25) is 0 Å². The van der Waals surface area contributed by atoms with Crippen LogP contribution in [0.2, 0.25) is 0 Å². The molecule has 0 aliphatic carbocycles. The summed E-state index contributed by atoms with van der Waals surface area (Å²) in [6, 6.07) is 6.04. The Hall–Kier alpha value is -4.34. The number of nitrogens with one attached hydrogen (secondary N) is 3. The van der Waals surface area contributed by atoms with Crippen LogP contribution in [0.4, 0.5) is 8.78 Å². The summed E-state index contributed by atoms with van der Waals surface area (Å²) in [4.78, 5) is 44.8. The van der Waals surface area contributed by atoms with Gasteiger partial charge in [-0.2, -0.15) is 0 Å². The number of aromatic nitrogens is 2. The molecule has 0 radical (unpaired) electrons. The summed E-state index contributed by atoms with van der Waals surface area (Å²) in [6.07, 6.45) is 2.88. The number of ether oxygens (including phenoxy) is 1. The van der Waals surface area contributed by atoms with E-state index in [1.54, 1.807) is 20.8 Å². The molecule has 8 nitrogen and oxygen atoms in total. The van der Waals surface area contributed by atoms with Crippen LogP contribution < -0.4 is 10.6 Å². The predicted molar refractivity (Wildman–Crippen MR) is 124 cm³/mol. The number of benzene rings is 2. The Bertz CT molecular complexity index is 1290. The first-order valence-electron chi connectivity index (χ1n) is 10.5. The molecule has 3 aromatic rings. The maximum atomic E-state index is 13.4. The molecule has 2 aromatic carbocycles. The number of halogens is 2. The van der Waals surface area contributed by atoms with E-state index in [1.807, 2.05) is 0 Å². The quantitative estimate of drug-likeness (QED) is 0.353. The second kappa shape index (κ2) is 10.7. The molecule has 35 heavy (non-hydrogen) atoms. The number of esters is 1. The van der Waals surface area contributed by atoms with Crippen molar-refractivity contribution in [1.82, 2.24) is 20.6 Å². The number of aryl methyl sites for hydroxylation is 3. The molecule has 0 fully saturated rings. The van der Waals surface area contributed by atoms with E-state index in [0.717, 1.165) is 18.2 Å². The summed E-state index contributed by atoms with van der Waals surface area (Å²) in [5, 5.41) is 5.17. The van der Waals surface area contributed by atoms with Gasteiger partial charge >= 0.3 is 5.97 Å². The zero-order valence-corrected chi connectivity index (χ0v) is 19.6. The van der Waals surface area contributed by atoms with Crippen LogP contribution in [0.25, 0.3) is 6.08 Å². The van der Waals surface area contributed by atoms with Crippen molar-refractivity contribution in [2.45, 2.75) is 27.3 Å². The topological polar surface area (TPSA) is 113 Å². The molecule has 1 aromatic heterocycles. The lowest BCUT2D eigenvalue weighted by atomic mass is 9.98. The molecule has 0 bridgehead atoms. The van der Waals surface area contributed by atoms with Crippen LogP contribution in [0, 0.1) is 32.4 Å². The molecular formula is C25H24F2N4O4. The third kappa shape index (κ3) is 6.17. The number of H-pyrrole nitrogens is 1. The highest BCUT2D eigenvalue weighted by atomic mass is 19.1. The molecule has 0 saturated carbocycles. The number of carbonyl (C=O) groups is 3. The van der Waals surface area contributed by atoms with E-state index in [0.29, 0.717) is 22.5 Å². The first kappa shape index (κ1) is 25.3. The second-order valence-corrected chi connectivity index (χ2v) is 7.85. The van der Waals surface area contributed by atoms with Crippen molar-refractivity contribution in [3.8, 4) is 0 Å². The number of imidazole rings is 1. The molecule has 10 heteroatoms. The molecule has 0 saturated heterocycles. The predicted octanol–water partition coefficient (Wildman–Crippen LogP) is 3.49. The molecule has 0 unspecified atom stereocenters. The Balaban J connectivity index is 1.79. The molecule has 2 amide bonds. The molecule has 0 aliphatic heterocycles. The molecule has 182 valence electrons. The van der Waals surface area contributed by atoms with E-state index < -0.39 is 29.4 Å². The number of rotatable bonds is 7. The first-order valence-corrected chi connectivity index (χ1v) is 10.5. The van der Waals surface area contributed by atoms with Gasteiger partial charge in [-0.15, -0.1) is 0 Å². The van der Waals surface area contributed by atoms with Crippen LogP contribution in [0.5, 0.6) is 0 Å². The number of aromatic amines is 1. The maximum absolute atomic E-state index is 13.4. The van der Waals surface area contributed by atoms with Gasteiger partial charge in [-0.25, -0.2) is 18.6 Å². The Labute approximate surface area is 200 Å². The minimum absolute atomic E-state index is 0.0753. The lowest BCUT2D eigenvalue weighted by Crippen LogP contribution is -2.30. The fourth-order valence-corrected chi connectivity index (χ4v) is 3.55. The monoisotopic (exact) mass is 482 g/mol. The van der Waals surface area contributed by atoms with Crippen molar-refractivity contribution >= 4 is 23.9 Å². The number of amides is 2. The maximum Gasteiger partial charge on any atom is 0.354 e. The van der Waals surface area contributed by atoms with Gasteiger partial charge in [0.15, 0.2) is 0 Å². The zero-order chi connectivity index (χ0) is 25.7. The third-order valence-electron chi connectivity index (χ3n) is 5.21. The number of hydrogen-bond donors (Lipinski definition) is 3. The Kier molecular flexibility index (Phi) is 7.75. The zero-order valence-electron chi connectivity index (χ0n) is 19.6. The standard InChI is InChI=1S/C25H24F2N4O4/c1-13-5-17(23(32)28-11-16-7-18(26)9-19(27)8-16)6-14(2)22(13)24(33)31-21(25(34)35-4)10-20-15(3)29-12-30-20/h5-10,12H,11H2,1-4H3,(H,28,32)(H,29,30)(H,31,33)/b21-10-. The summed E-state index contributed by atoms with van der Waals surface area (Å²) in [5.41, 5.74) is 2.88. The van der Waals surface area contributed by atoms with E-state index in [9.17, 15) is 23.2 Å². The molecule has 0 atom stereocenters. The second-order valence-electron chi connectivity index (χ2n) is 7.85. The lowest BCUT2D eigenvalue weighted by molar-refractivity contribution is -0.136.